The molecule has 1 aromatic heterocycles. The third-order valence-corrected chi connectivity index (χ3v) is 5.43. The third-order valence-electron chi connectivity index (χ3n) is 4.32. The highest BCUT2D eigenvalue weighted by atomic mass is 35.5. The predicted molar refractivity (Wildman–Crippen MR) is 106 cm³/mol. The topological polar surface area (TPSA) is 49.4 Å². The molecule has 0 atom stereocenters. The maximum absolute atomic E-state index is 12.6. The van der Waals surface area contributed by atoms with Crippen molar-refractivity contribution < 1.29 is 9.59 Å². The Kier molecular flexibility index (Phi) is 4.49. The van der Waals surface area contributed by atoms with Crippen LogP contribution in [-0.2, 0) is 6.42 Å². The fraction of sp³-hybridized carbons (Fsp3) is 0.100. The summed E-state index contributed by atoms with van der Waals surface area (Å²) in [6.45, 7) is 0.653. The number of hydrogen-bond acceptors (Lipinski definition) is 3. The molecule has 0 spiro atoms. The number of thiophene rings is 1. The van der Waals surface area contributed by atoms with Gasteiger partial charge in [0.25, 0.3) is 11.8 Å². The van der Waals surface area contributed by atoms with Crippen LogP contribution in [-0.4, -0.2) is 18.4 Å². The van der Waals surface area contributed by atoms with Gasteiger partial charge < -0.3 is 10.2 Å². The minimum absolute atomic E-state index is 0.0247. The quantitative estimate of drug-likeness (QED) is 0.703. The number of carbonyl (C=O) groups excluding carboxylic acids is 2. The molecule has 2 amide bonds. The standard InChI is InChI=1S/C20H15ClN2O2S/c21-15-5-3-13(4-6-15)19(24)22-16-7-8-17-14(12-16)9-10-23(17)20(25)18-2-1-11-26-18/h1-8,11-12H,9-10H2,(H,22,24). The average Bonchev–Trinajstić information content (AvgIpc) is 3.31. The molecule has 130 valence electrons. The van der Waals surface area contributed by atoms with Gasteiger partial charge in [-0.05, 0) is 65.9 Å². The smallest absolute Gasteiger partial charge is 0.268 e. The van der Waals surface area contributed by atoms with Crippen molar-refractivity contribution in [1.29, 1.82) is 0 Å². The summed E-state index contributed by atoms with van der Waals surface area (Å²) in [6, 6.07) is 16.1. The second kappa shape index (κ2) is 6.94. The number of nitrogens with one attached hydrogen (secondary N) is 1. The Bertz CT molecular complexity index is 968. The third kappa shape index (κ3) is 3.23. The van der Waals surface area contributed by atoms with Gasteiger partial charge in [-0.15, -0.1) is 11.3 Å². The van der Waals surface area contributed by atoms with Gasteiger partial charge in [0.1, 0.15) is 0 Å². The Labute approximate surface area is 160 Å². The van der Waals surface area contributed by atoms with Crippen molar-refractivity contribution in [3.8, 4) is 0 Å². The number of hydrogen-bond donors (Lipinski definition) is 1. The van der Waals surface area contributed by atoms with Crippen LogP contribution < -0.4 is 10.2 Å². The minimum Gasteiger partial charge on any atom is -0.322 e. The molecule has 0 aliphatic carbocycles. The molecule has 1 aliphatic heterocycles. The second-order valence-corrected chi connectivity index (χ2v) is 7.37. The predicted octanol–water partition coefficient (Wildman–Crippen LogP) is 4.86. The molecule has 4 rings (SSSR count). The van der Waals surface area contributed by atoms with Crippen LogP contribution in [0.4, 0.5) is 11.4 Å². The Balaban J connectivity index is 1.52. The first-order valence-corrected chi connectivity index (χ1v) is 9.43. The number of amides is 2. The van der Waals surface area contributed by atoms with Crippen molar-refractivity contribution in [2.45, 2.75) is 6.42 Å². The summed E-state index contributed by atoms with van der Waals surface area (Å²) in [5.41, 5.74) is 3.23. The van der Waals surface area contributed by atoms with Gasteiger partial charge in [-0.3, -0.25) is 9.59 Å². The molecule has 2 aromatic carbocycles. The van der Waals surface area contributed by atoms with Gasteiger partial charge in [0.05, 0.1) is 4.88 Å². The van der Waals surface area contributed by atoms with E-state index in [2.05, 4.69) is 5.32 Å². The van der Waals surface area contributed by atoms with Gasteiger partial charge in [0, 0.05) is 28.5 Å². The first-order valence-electron chi connectivity index (χ1n) is 8.17. The van der Waals surface area contributed by atoms with Crippen molar-refractivity contribution in [1.82, 2.24) is 0 Å². The van der Waals surface area contributed by atoms with E-state index in [1.54, 1.807) is 29.2 Å². The molecule has 0 bridgehead atoms. The molecule has 4 nitrogen and oxygen atoms in total. The van der Waals surface area contributed by atoms with E-state index >= 15 is 0 Å². The summed E-state index contributed by atoms with van der Waals surface area (Å²) in [5.74, 6) is -0.164. The van der Waals surface area contributed by atoms with E-state index < -0.39 is 0 Å². The molecule has 1 aliphatic rings. The Morgan fingerprint density at radius 3 is 2.62 bits per heavy atom. The zero-order valence-electron chi connectivity index (χ0n) is 13.7. The molecule has 0 saturated carbocycles. The Morgan fingerprint density at radius 1 is 1.08 bits per heavy atom. The van der Waals surface area contributed by atoms with Gasteiger partial charge in [0.15, 0.2) is 0 Å². The zero-order chi connectivity index (χ0) is 18.1. The molecular weight excluding hydrogens is 368 g/mol. The lowest BCUT2D eigenvalue weighted by Crippen LogP contribution is -2.28. The molecule has 2 heterocycles. The number of fused-ring (bicyclic) bond motifs is 1. The van der Waals surface area contributed by atoms with Crippen molar-refractivity contribution in [2.24, 2.45) is 0 Å². The lowest BCUT2D eigenvalue weighted by atomic mass is 10.1. The molecule has 26 heavy (non-hydrogen) atoms. The fourth-order valence-electron chi connectivity index (χ4n) is 3.03. The zero-order valence-corrected chi connectivity index (χ0v) is 15.3. The maximum Gasteiger partial charge on any atom is 0.268 e. The molecular formula is C20H15ClN2O2S. The van der Waals surface area contributed by atoms with Gasteiger partial charge in [-0.1, -0.05) is 17.7 Å². The summed E-state index contributed by atoms with van der Waals surface area (Å²) in [5, 5.41) is 5.39. The van der Waals surface area contributed by atoms with Gasteiger partial charge >= 0.3 is 0 Å². The average molecular weight is 383 g/mol. The number of nitrogens with zero attached hydrogens (tertiary/aromatic N) is 1. The van der Waals surface area contributed by atoms with Crippen LogP contribution >= 0.6 is 22.9 Å². The van der Waals surface area contributed by atoms with Crippen molar-refractivity contribution >= 4 is 46.1 Å². The lowest BCUT2D eigenvalue weighted by molar-refractivity contribution is 0.0991. The van der Waals surface area contributed by atoms with Crippen LogP contribution in [0.5, 0.6) is 0 Å². The lowest BCUT2D eigenvalue weighted by Gasteiger charge is -2.16. The fourth-order valence-corrected chi connectivity index (χ4v) is 3.83. The van der Waals surface area contributed by atoms with E-state index in [0.717, 1.165) is 22.5 Å². The van der Waals surface area contributed by atoms with Gasteiger partial charge in [0.2, 0.25) is 0 Å². The number of carbonyl (C=O) groups is 2. The maximum atomic E-state index is 12.6. The monoisotopic (exact) mass is 382 g/mol. The van der Waals surface area contributed by atoms with Crippen molar-refractivity contribution in [2.75, 3.05) is 16.8 Å². The number of halogens is 1. The molecule has 0 fully saturated rings. The molecule has 0 unspecified atom stereocenters. The highest BCUT2D eigenvalue weighted by Gasteiger charge is 2.26. The first kappa shape index (κ1) is 16.8. The largest absolute Gasteiger partial charge is 0.322 e. The van der Waals surface area contributed by atoms with Gasteiger partial charge in [-0.2, -0.15) is 0 Å². The molecule has 1 N–H and O–H groups in total. The summed E-state index contributed by atoms with van der Waals surface area (Å²) in [7, 11) is 0. The Morgan fingerprint density at radius 2 is 1.88 bits per heavy atom. The van der Waals surface area contributed by atoms with E-state index in [1.807, 2.05) is 35.7 Å². The molecule has 6 heteroatoms. The van der Waals surface area contributed by atoms with E-state index in [-0.39, 0.29) is 11.8 Å². The number of anilines is 2. The number of rotatable bonds is 3. The Hall–Kier alpha value is -2.63. The van der Waals surface area contributed by atoms with Crippen LogP contribution in [0.15, 0.2) is 60.0 Å². The van der Waals surface area contributed by atoms with Crippen LogP contribution in [0, 0.1) is 0 Å². The minimum atomic E-state index is -0.189. The van der Waals surface area contributed by atoms with Gasteiger partial charge in [-0.25, -0.2) is 0 Å². The van der Waals surface area contributed by atoms with Crippen LogP contribution in [0.3, 0.4) is 0 Å². The van der Waals surface area contributed by atoms with E-state index in [4.69, 9.17) is 11.6 Å². The van der Waals surface area contributed by atoms with E-state index in [9.17, 15) is 9.59 Å². The summed E-state index contributed by atoms with van der Waals surface area (Å²) >= 11 is 7.30. The summed E-state index contributed by atoms with van der Waals surface area (Å²) < 4.78 is 0. The van der Waals surface area contributed by atoms with Crippen LogP contribution in [0.1, 0.15) is 25.6 Å². The van der Waals surface area contributed by atoms with E-state index in [0.29, 0.717) is 22.8 Å². The van der Waals surface area contributed by atoms with E-state index in [1.165, 1.54) is 11.3 Å². The highest BCUT2D eigenvalue weighted by molar-refractivity contribution is 7.12. The summed E-state index contributed by atoms with van der Waals surface area (Å²) in [4.78, 5) is 27.5. The number of benzene rings is 2. The highest BCUT2D eigenvalue weighted by Crippen LogP contribution is 2.32. The molecule has 0 saturated heterocycles. The summed E-state index contributed by atoms with van der Waals surface area (Å²) in [6.07, 6.45) is 0.775. The normalized spacial score (nSPS) is 12.7. The van der Waals surface area contributed by atoms with Crippen LogP contribution in [0.25, 0.3) is 0 Å². The van der Waals surface area contributed by atoms with Crippen LogP contribution in [0.2, 0.25) is 5.02 Å². The molecule has 3 aromatic rings. The molecule has 0 radical (unpaired) electrons. The second-order valence-electron chi connectivity index (χ2n) is 5.99. The SMILES string of the molecule is O=C(Nc1ccc2c(c1)CCN2C(=O)c1cccs1)c1ccc(Cl)cc1. The first-order chi connectivity index (χ1) is 12.6. The van der Waals surface area contributed by atoms with Crippen molar-refractivity contribution in [3.63, 3.8) is 0 Å². The van der Waals surface area contributed by atoms with Crippen molar-refractivity contribution in [3.05, 3.63) is 81.0 Å².